The van der Waals surface area contributed by atoms with E-state index in [1.54, 1.807) is 40.8 Å². The lowest BCUT2D eigenvalue weighted by molar-refractivity contribution is -0.137. The summed E-state index contributed by atoms with van der Waals surface area (Å²) in [7, 11) is -4.22. The Morgan fingerprint density at radius 2 is 1.74 bits per heavy atom. The van der Waals surface area contributed by atoms with Gasteiger partial charge in [-0.15, -0.1) is 0 Å². The van der Waals surface area contributed by atoms with Crippen LogP contribution >= 0.6 is 22.6 Å². The van der Waals surface area contributed by atoms with E-state index in [0.29, 0.717) is 6.07 Å². The summed E-state index contributed by atoms with van der Waals surface area (Å²) in [5.41, 5.74) is -1.68. The Balaban J connectivity index is 2.57. The van der Waals surface area contributed by atoms with Crippen LogP contribution in [0.3, 0.4) is 0 Å². The molecule has 2 rings (SSSR count). The molecular formula is C14H8F3IN2O2S. The molecular weight excluding hydrogens is 444 g/mol. The van der Waals surface area contributed by atoms with Crippen LogP contribution in [0.15, 0.2) is 47.4 Å². The molecule has 1 N–H and O–H groups in total. The van der Waals surface area contributed by atoms with Gasteiger partial charge in [-0.25, -0.2) is 8.42 Å². The van der Waals surface area contributed by atoms with E-state index in [2.05, 4.69) is 4.72 Å². The van der Waals surface area contributed by atoms with Crippen molar-refractivity contribution in [1.82, 2.24) is 0 Å². The summed E-state index contributed by atoms with van der Waals surface area (Å²) in [6.07, 6.45) is -4.83. The van der Waals surface area contributed by atoms with E-state index in [1.165, 1.54) is 18.2 Å². The van der Waals surface area contributed by atoms with Gasteiger partial charge in [-0.05, 0) is 46.9 Å². The first-order valence-electron chi connectivity index (χ1n) is 6.04. The maximum atomic E-state index is 13.0. The van der Waals surface area contributed by atoms with Crippen molar-refractivity contribution in [2.24, 2.45) is 0 Å². The number of sulfonamides is 1. The molecule has 0 saturated carbocycles. The van der Waals surface area contributed by atoms with Gasteiger partial charge in [-0.1, -0.05) is 18.2 Å². The molecule has 0 amide bonds. The van der Waals surface area contributed by atoms with Gasteiger partial charge in [0.1, 0.15) is 4.90 Å². The fourth-order valence-corrected chi connectivity index (χ4v) is 4.28. The van der Waals surface area contributed by atoms with Crippen molar-refractivity contribution < 1.29 is 21.6 Å². The number of nitrogens with zero attached hydrogens (tertiary/aromatic N) is 1. The third-order valence-corrected chi connectivity index (χ3v) is 5.49. The van der Waals surface area contributed by atoms with Gasteiger partial charge >= 0.3 is 6.18 Å². The van der Waals surface area contributed by atoms with Crippen LogP contribution < -0.4 is 4.72 Å². The molecule has 0 unspecified atom stereocenters. The lowest BCUT2D eigenvalue weighted by Gasteiger charge is -2.14. The number of nitrogens with one attached hydrogen (secondary N) is 1. The number of benzene rings is 2. The maximum Gasteiger partial charge on any atom is 0.417 e. The maximum absolute atomic E-state index is 13.0. The minimum atomic E-state index is -4.83. The Kier molecular flexibility index (Phi) is 4.86. The predicted molar refractivity (Wildman–Crippen MR) is 86.1 cm³/mol. The predicted octanol–water partition coefficient (Wildman–Crippen LogP) is 3.98. The first-order valence-corrected chi connectivity index (χ1v) is 8.60. The molecule has 0 fully saturated rings. The first kappa shape index (κ1) is 17.6. The lowest BCUT2D eigenvalue weighted by Crippen LogP contribution is -2.17. The molecule has 0 bridgehead atoms. The molecule has 120 valence electrons. The number of rotatable bonds is 3. The van der Waals surface area contributed by atoms with Crippen LogP contribution in [0.25, 0.3) is 0 Å². The minimum absolute atomic E-state index is 0.0237. The number of nitriles is 1. The second-order valence-corrected chi connectivity index (χ2v) is 7.22. The van der Waals surface area contributed by atoms with Crippen LogP contribution in [0.2, 0.25) is 0 Å². The SMILES string of the molecule is N#Cc1cc(I)c(S(=O)(=O)Nc2ccccc2)cc1C(F)(F)F. The summed E-state index contributed by atoms with van der Waals surface area (Å²) in [5.74, 6) is 0. The molecule has 0 aromatic heterocycles. The molecule has 4 nitrogen and oxygen atoms in total. The van der Waals surface area contributed by atoms with Crippen molar-refractivity contribution in [2.45, 2.75) is 11.1 Å². The zero-order valence-corrected chi connectivity index (χ0v) is 14.2. The Hall–Kier alpha value is -1.80. The Labute approximate surface area is 144 Å². The Morgan fingerprint density at radius 1 is 1.13 bits per heavy atom. The molecule has 0 spiro atoms. The highest BCUT2D eigenvalue weighted by Crippen LogP contribution is 2.35. The number of hydrogen-bond acceptors (Lipinski definition) is 3. The van der Waals surface area contributed by atoms with Crippen LogP contribution in [-0.2, 0) is 16.2 Å². The van der Waals surface area contributed by atoms with E-state index in [1.807, 2.05) is 0 Å². The number of para-hydroxylation sites is 1. The minimum Gasteiger partial charge on any atom is -0.280 e. The quantitative estimate of drug-likeness (QED) is 0.717. The molecule has 0 heterocycles. The fraction of sp³-hybridized carbons (Fsp3) is 0.0714. The van der Waals surface area contributed by atoms with Crippen molar-refractivity contribution in [2.75, 3.05) is 4.72 Å². The van der Waals surface area contributed by atoms with Crippen molar-refractivity contribution in [3.63, 3.8) is 0 Å². The normalized spacial score (nSPS) is 11.8. The van der Waals surface area contributed by atoms with Gasteiger partial charge in [0.15, 0.2) is 0 Å². The monoisotopic (exact) mass is 452 g/mol. The van der Waals surface area contributed by atoms with E-state index in [-0.39, 0.29) is 9.26 Å². The van der Waals surface area contributed by atoms with Gasteiger partial charge in [0.25, 0.3) is 10.0 Å². The van der Waals surface area contributed by atoms with E-state index >= 15 is 0 Å². The smallest absolute Gasteiger partial charge is 0.280 e. The van der Waals surface area contributed by atoms with Gasteiger partial charge in [0.05, 0.1) is 17.2 Å². The van der Waals surface area contributed by atoms with Gasteiger partial charge in [0.2, 0.25) is 0 Å². The standard InChI is InChI=1S/C14H8F3IN2O2S/c15-14(16,17)11-7-13(12(18)6-9(11)8-19)23(21,22)20-10-4-2-1-3-5-10/h1-7,20H. The molecule has 0 aliphatic carbocycles. The molecule has 23 heavy (non-hydrogen) atoms. The van der Waals surface area contributed by atoms with Crippen LogP contribution in [0.1, 0.15) is 11.1 Å². The topological polar surface area (TPSA) is 70.0 Å². The van der Waals surface area contributed by atoms with Gasteiger partial charge in [0, 0.05) is 9.26 Å². The molecule has 0 atom stereocenters. The molecule has 0 aliphatic rings. The first-order chi connectivity index (χ1) is 10.6. The Bertz CT molecular complexity index is 875. The van der Waals surface area contributed by atoms with Crippen LogP contribution in [0.4, 0.5) is 18.9 Å². The van der Waals surface area contributed by atoms with E-state index < -0.39 is 32.2 Å². The summed E-state index contributed by atoms with van der Waals surface area (Å²) in [5, 5.41) is 8.82. The van der Waals surface area contributed by atoms with Crippen LogP contribution in [-0.4, -0.2) is 8.42 Å². The van der Waals surface area contributed by atoms with Crippen molar-refractivity contribution in [1.29, 1.82) is 5.26 Å². The number of anilines is 1. The highest BCUT2D eigenvalue weighted by Gasteiger charge is 2.36. The second kappa shape index (κ2) is 6.37. The zero-order valence-electron chi connectivity index (χ0n) is 11.2. The van der Waals surface area contributed by atoms with E-state index in [0.717, 1.165) is 6.07 Å². The number of alkyl halides is 3. The average molecular weight is 452 g/mol. The van der Waals surface area contributed by atoms with Gasteiger partial charge in [-0.2, -0.15) is 18.4 Å². The lowest BCUT2D eigenvalue weighted by atomic mass is 10.1. The summed E-state index contributed by atoms with van der Waals surface area (Å²) in [4.78, 5) is -0.534. The largest absolute Gasteiger partial charge is 0.417 e. The average Bonchev–Trinajstić information content (AvgIpc) is 2.45. The molecule has 0 saturated heterocycles. The highest BCUT2D eigenvalue weighted by atomic mass is 127. The summed E-state index contributed by atoms with van der Waals surface area (Å²) in [6, 6.07) is 10.6. The second-order valence-electron chi connectivity index (χ2n) is 4.41. The summed E-state index contributed by atoms with van der Waals surface area (Å²) in [6.45, 7) is 0. The number of hydrogen-bond donors (Lipinski definition) is 1. The van der Waals surface area contributed by atoms with Crippen LogP contribution in [0, 0.1) is 14.9 Å². The fourth-order valence-electron chi connectivity index (χ4n) is 1.80. The molecule has 0 radical (unpaired) electrons. The zero-order chi connectivity index (χ0) is 17.3. The van der Waals surface area contributed by atoms with E-state index in [4.69, 9.17) is 5.26 Å². The number of halogens is 4. The third-order valence-electron chi connectivity index (χ3n) is 2.81. The summed E-state index contributed by atoms with van der Waals surface area (Å²) < 4.78 is 65.9. The van der Waals surface area contributed by atoms with Crippen LogP contribution in [0.5, 0.6) is 0 Å². The van der Waals surface area contributed by atoms with Gasteiger partial charge in [-0.3, -0.25) is 4.72 Å². The van der Waals surface area contributed by atoms with Crippen molar-refractivity contribution >= 4 is 38.3 Å². The third kappa shape index (κ3) is 3.94. The Morgan fingerprint density at radius 3 is 2.26 bits per heavy atom. The molecule has 2 aromatic carbocycles. The van der Waals surface area contributed by atoms with Crippen molar-refractivity contribution in [3.8, 4) is 6.07 Å². The molecule has 0 aliphatic heterocycles. The van der Waals surface area contributed by atoms with Crippen molar-refractivity contribution in [3.05, 3.63) is 57.2 Å². The van der Waals surface area contributed by atoms with Gasteiger partial charge < -0.3 is 0 Å². The molecule has 2 aromatic rings. The summed E-state index contributed by atoms with van der Waals surface area (Å²) >= 11 is 1.58. The molecule has 9 heteroatoms. The van der Waals surface area contributed by atoms with E-state index in [9.17, 15) is 21.6 Å². The highest BCUT2D eigenvalue weighted by molar-refractivity contribution is 14.1.